The Hall–Kier alpha value is -3.36. The highest BCUT2D eigenvalue weighted by Gasteiger charge is 2.31. The number of hydrogen-bond acceptors (Lipinski definition) is 4. The van der Waals surface area contributed by atoms with E-state index in [9.17, 15) is 18.0 Å². The van der Waals surface area contributed by atoms with Crippen LogP contribution in [0.25, 0.3) is 33.1 Å². The molecule has 1 fully saturated rings. The molecule has 0 spiro atoms. The summed E-state index contributed by atoms with van der Waals surface area (Å²) in [5.74, 6) is -0.267. The standard InChI is InChI=1S/C22H19F3N4O2/c23-22(24,25)13-29-18-10-17(21(30)28-8-4-1-5-9-28)26-11-15(18)20(27-29)16-12-31-19-7-3-2-6-14(16)19/h2-3,6-7,10-12H,1,4-5,8-9,13H2. The van der Waals surface area contributed by atoms with E-state index in [-0.39, 0.29) is 17.1 Å². The lowest BCUT2D eigenvalue weighted by atomic mass is 10.1. The second-order valence-electron chi connectivity index (χ2n) is 7.71. The number of furan rings is 1. The third-order valence-corrected chi connectivity index (χ3v) is 5.56. The van der Waals surface area contributed by atoms with Gasteiger partial charge in [0.25, 0.3) is 5.91 Å². The maximum atomic E-state index is 13.3. The van der Waals surface area contributed by atoms with E-state index in [0.717, 1.165) is 29.3 Å². The maximum Gasteiger partial charge on any atom is 0.408 e. The van der Waals surface area contributed by atoms with Crippen molar-refractivity contribution in [2.24, 2.45) is 0 Å². The average molecular weight is 428 g/mol. The van der Waals surface area contributed by atoms with Crippen LogP contribution in [0.5, 0.6) is 0 Å². The Labute approximate surface area is 175 Å². The quantitative estimate of drug-likeness (QED) is 0.459. The molecule has 1 aliphatic heterocycles. The molecule has 6 nitrogen and oxygen atoms in total. The highest BCUT2D eigenvalue weighted by molar-refractivity contribution is 6.03. The second-order valence-corrected chi connectivity index (χ2v) is 7.71. The van der Waals surface area contributed by atoms with Gasteiger partial charge in [-0.2, -0.15) is 18.3 Å². The molecule has 160 valence electrons. The van der Waals surface area contributed by atoms with Crippen LogP contribution in [0.2, 0.25) is 0 Å². The van der Waals surface area contributed by atoms with Crippen LogP contribution in [-0.2, 0) is 6.54 Å². The summed E-state index contributed by atoms with van der Waals surface area (Å²) in [6.07, 6.45) is 1.35. The number of para-hydroxylation sites is 1. The number of nitrogens with zero attached hydrogens (tertiary/aromatic N) is 4. The van der Waals surface area contributed by atoms with Gasteiger partial charge in [0.1, 0.15) is 29.8 Å². The molecular formula is C22H19F3N4O2. The van der Waals surface area contributed by atoms with Gasteiger partial charge in [0.05, 0.1) is 5.52 Å². The van der Waals surface area contributed by atoms with Crippen LogP contribution in [-0.4, -0.2) is 44.8 Å². The van der Waals surface area contributed by atoms with Crippen molar-refractivity contribution in [1.82, 2.24) is 19.7 Å². The van der Waals surface area contributed by atoms with E-state index in [1.807, 2.05) is 18.2 Å². The number of alkyl halides is 3. The minimum atomic E-state index is -4.46. The summed E-state index contributed by atoms with van der Waals surface area (Å²) in [6, 6.07) is 8.66. The zero-order valence-electron chi connectivity index (χ0n) is 16.5. The number of pyridine rings is 1. The van der Waals surface area contributed by atoms with E-state index in [0.29, 0.717) is 35.3 Å². The Bertz CT molecular complexity index is 1270. The van der Waals surface area contributed by atoms with Crippen LogP contribution in [0, 0.1) is 0 Å². The van der Waals surface area contributed by atoms with Crippen molar-refractivity contribution in [3.05, 3.63) is 48.5 Å². The largest absolute Gasteiger partial charge is 0.464 e. The summed E-state index contributed by atoms with van der Waals surface area (Å²) < 4.78 is 46.2. The summed E-state index contributed by atoms with van der Waals surface area (Å²) in [7, 11) is 0. The van der Waals surface area contributed by atoms with E-state index in [1.54, 1.807) is 11.0 Å². The van der Waals surface area contributed by atoms with E-state index in [1.165, 1.54) is 18.5 Å². The first-order chi connectivity index (χ1) is 14.9. The van der Waals surface area contributed by atoms with Crippen molar-refractivity contribution < 1.29 is 22.4 Å². The Morgan fingerprint density at radius 3 is 2.65 bits per heavy atom. The number of rotatable bonds is 3. The zero-order valence-corrected chi connectivity index (χ0v) is 16.5. The number of carbonyl (C=O) groups excluding carboxylic acids is 1. The Kier molecular flexibility index (Phi) is 4.68. The molecule has 1 amide bonds. The summed E-state index contributed by atoms with van der Waals surface area (Å²) in [6.45, 7) is -0.000112. The SMILES string of the molecule is O=C(c1cc2c(cn1)c(-c1coc3ccccc13)nn2CC(F)(F)F)N1CCCCC1. The Balaban J connectivity index is 1.64. The molecule has 1 aliphatic rings. The molecule has 0 radical (unpaired) electrons. The highest BCUT2D eigenvalue weighted by Crippen LogP contribution is 2.35. The number of likely N-dealkylation sites (tertiary alicyclic amines) is 1. The fourth-order valence-electron chi connectivity index (χ4n) is 4.10. The van der Waals surface area contributed by atoms with Gasteiger partial charge in [0.15, 0.2) is 0 Å². The van der Waals surface area contributed by atoms with Crippen LogP contribution in [0.4, 0.5) is 13.2 Å². The first-order valence-corrected chi connectivity index (χ1v) is 10.1. The molecule has 31 heavy (non-hydrogen) atoms. The van der Waals surface area contributed by atoms with Crippen LogP contribution in [0.1, 0.15) is 29.8 Å². The van der Waals surface area contributed by atoms with Gasteiger partial charge in [-0.25, -0.2) is 0 Å². The molecule has 0 N–H and O–H groups in total. The predicted molar refractivity (Wildman–Crippen MR) is 109 cm³/mol. The maximum absolute atomic E-state index is 13.3. The normalized spacial score (nSPS) is 15.1. The number of hydrogen-bond donors (Lipinski definition) is 0. The van der Waals surface area contributed by atoms with Gasteiger partial charge in [-0.15, -0.1) is 0 Å². The fraction of sp³-hybridized carbons (Fsp3) is 0.318. The lowest BCUT2D eigenvalue weighted by Crippen LogP contribution is -2.36. The van der Waals surface area contributed by atoms with E-state index >= 15 is 0 Å². The average Bonchev–Trinajstić information content (AvgIpc) is 3.34. The van der Waals surface area contributed by atoms with Gasteiger partial charge in [-0.1, -0.05) is 18.2 Å². The first-order valence-electron chi connectivity index (χ1n) is 10.1. The van der Waals surface area contributed by atoms with Crippen molar-refractivity contribution in [2.45, 2.75) is 32.0 Å². The Morgan fingerprint density at radius 2 is 1.87 bits per heavy atom. The van der Waals surface area contributed by atoms with Crippen molar-refractivity contribution in [3.8, 4) is 11.3 Å². The van der Waals surface area contributed by atoms with E-state index in [4.69, 9.17) is 4.42 Å². The van der Waals surface area contributed by atoms with E-state index < -0.39 is 12.7 Å². The van der Waals surface area contributed by atoms with Crippen LogP contribution in [0.15, 0.2) is 47.2 Å². The number of fused-ring (bicyclic) bond motifs is 2. The second kappa shape index (κ2) is 7.40. The van der Waals surface area contributed by atoms with Gasteiger partial charge in [-0.05, 0) is 31.4 Å². The third-order valence-electron chi connectivity index (χ3n) is 5.56. The number of aromatic nitrogens is 3. The van der Waals surface area contributed by atoms with Crippen molar-refractivity contribution >= 4 is 27.8 Å². The van der Waals surface area contributed by atoms with Crippen LogP contribution >= 0.6 is 0 Å². The fourth-order valence-corrected chi connectivity index (χ4v) is 4.10. The molecule has 0 atom stereocenters. The summed E-state index contributed by atoms with van der Waals surface area (Å²) in [5, 5.41) is 5.43. The van der Waals surface area contributed by atoms with Crippen LogP contribution < -0.4 is 0 Å². The number of amides is 1. The van der Waals surface area contributed by atoms with Crippen molar-refractivity contribution in [2.75, 3.05) is 13.1 Å². The molecule has 1 saturated heterocycles. The topological polar surface area (TPSA) is 64.2 Å². The van der Waals surface area contributed by atoms with Gasteiger partial charge in [0, 0.05) is 35.6 Å². The Morgan fingerprint density at radius 1 is 1.10 bits per heavy atom. The predicted octanol–water partition coefficient (Wildman–Crippen LogP) is 5.03. The molecule has 5 rings (SSSR count). The monoisotopic (exact) mass is 428 g/mol. The van der Waals surface area contributed by atoms with Gasteiger partial charge in [0.2, 0.25) is 0 Å². The molecule has 3 aromatic heterocycles. The van der Waals surface area contributed by atoms with Crippen molar-refractivity contribution in [1.29, 1.82) is 0 Å². The molecule has 1 aromatic carbocycles. The summed E-state index contributed by atoms with van der Waals surface area (Å²) >= 11 is 0. The molecule has 0 saturated carbocycles. The van der Waals surface area contributed by atoms with Crippen molar-refractivity contribution in [3.63, 3.8) is 0 Å². The minimum absolute atomic E-state index is 0.126. The molecule has 4 aromatic rings. The number of benzene rings is 1. The lowest BCUT2D eigenvalue weighted by Gasteiger charge is -2.26. The smallest absolute Gasteiger partial charge is 0.408 e. The van der Waals surface area contributed by atoms with Gasteiger partial charge >= 0.3 is 6.18 Å². The molecule has 0 bridgehead atoms. The third kappa shape index (κ3) is 3.64. The molecule has 0 unspecified atom stereocenters. The minimum Gasteiger partial charge on any atom is -0.464 e. The molecule has 0 aliphatic carbocycles. The van der Waals surface area contributed by atoms with E-state index in [2.05, 4.69) is 10.1 Å². The summed E-state index contributed by atoms with van der Waals surface area (Å²) in [4.78, 5) is 18.8. The lowest BCUT2D eigenvalue weighted by molar-refractivity contribution is -0.141. The molecular weight excluding hydrogens is 409 g/mol. The summed E-state index contributed by atoms with van der Waals surface area (Å²) in [5.41, 5.74) is 1.88. The van der Waals surface area contributed by atoms with Gasteiger partial charge in [-0.3, -0.25) is 14.5 Å². The van der Waals surface area contributed by atoms with Crippen LogP contribution in [0.3, 0.4) is 0 Å². The number of carbonyl (C=O) groups is 1. The van der Waals surface area contributed by atoms with Gasteiger partial charge < -0.3 is 9.32 Å². The number of halogens is 3. The highest BCUT2D eigenvalue weighted by atomic mass is 19.4. The number of piperidine rings is 1. The zero-order chi connectivity index (χ0) is 21.6. The molecule has 9 heteroatoms. The molecule has 4 heterocycles. The first kappa shape index (κ1) is 19.6.